The SMILES string of the molecule is C=C(CC)CC(O)CO. The maximum absolute atomic E-state index is 8.85. The molecule has 9 heavy (non-hydrogen) atoms. The van der Waals surface area contributed by atoms with Gasteiger partial charge in [0, 0.05) is 0 Å². The van der Waals surface area contributed by atoms with E-state index in [2.05, 4.69) is 6.58 Å². The molecule has 0 rings (SSSR count). The first-order valence-electron chi connectivity index (χ1n) is 3.16. The molecule has 0 saturated heterocycles. The van der Waals surface area contributed by atoms with Gasteiger partial charge in [0.1, 0.15) is 0 Å². The minimum atomic E-state index is -0.613. The van der Waals surface area contributed by atoms with E-state index in [9.17, 15) is 0 Å². The molecule has 2 heteroatoms. The summed E-state index contributed by atoms with van der Waals surface area (Å²) < 4.78 is 0. The average Bonchev–Trinajstić information content (AvgIpc) is 1.87. The number of rotatable bonds is 4. The molecule has 0 aliphatic rings. The average molecular weight is 130 g/mol. The maximum atomic E-state index is 8.85. The zero-order valence-corrected chi connectivity index (χ0v) is 5.80. The highest BCUT2D eigenvalue weighted by Gasteiger charge is 2.01. The molecule has 0 aliphatic heterocycles. The van der Waals surface area contributed by atoms with Gasteiger partial charge in [-0.3, -0.25) is 0 Å². The first kappa shape index (κ1) is 8.66. The zero-order valence-electron chi connectivity index (χ0n) is 5.80. The van der Waals surface area contributed by atoms with Crippen molar-refractivity contribution in [3.05, 3.63) is 12.2 Å². The van der Waals surface area contributed by atoms with Gasteiger partial charge in [-0.15, -0.1) is 0 Å². The number of aliphatic hydroxyl groups excluding tert-OH is 2. The van der Waals surface area contributed by atoms with E-state index < -0.39 is 6.10 Å². The third-order valence-electron chi connectivity index (χ3n) is 1.24. The van der Waals surface area contributed by atoms with E-state index in [0.29, 0.717) is 6.42 Å². The Labute approximate surface area is 55.8 Å². The molecule has 0 saturated carbocycles. The molecular formula is C7H14O2. The third-order valence-corrected chi connectivity index (χ3v) is 1.24. The van der Waals surface area contributed by atoms with Crippen LogP contribution in [0.1, 0.15) is 19.8 Å². The minimum absolute atomic E-state index is 0.168. The van der Waals surface area contributed by atoms with Crippen molar-refractivity contribution < 1.29 is 10.2 Å². The van der Waals surface area contributed by atoms with Crippen LogP contribution in [0.15, 0.2) is 12.2 Å². The lowest BCUT2D eigenvalue weighted by Gasteiger charge is -2.06. The van der Waals surface area contributed by atoms with Crippen LogP contribution in [0.5, 0.6) is 0 Å². The fraction of sp³-hybridized carbons (Fsp3) is 0.714. The Morgan fingerprint density at radius 1 is 1.67 bits per heavy atom. The van der Waals surface area contributed by atoms with Crippen molar-refractivity contribution in [1.82, 2.24) is 0 Å². The summed E-state index contributed by atoms with van der Waals surface area (Å²) in [4.78, 5) is 0. The van der Waals surface area contributed by atoms with Gasteiger partial charge in [-0.05, 0) is 12.8 Å². The smallest absolute Gasteiger partial charge is 0.0807 e. The zero-order chi connectivity index (χ0) is 7.28. The molecule has 0 fully saturated rings. The molecule has 0 aromatic heterocycles. The van der Waals surface area contributed by atoms with Crippen molar-refractivity contribution in [2.75, 3.05) is 6.61 Å². The Hall–Kier alpha value is -0.340. The number of hydrogen-bond donors (Lipinski definition) is 2. The van der Waals surface area contributed by atoms with Crippen molar-refractivity contribution >= 4 is 0 Å². The number of hydrogen-bond acceptors (Lipinski definition) is 2. The fourth-order valence-electron chi connectivity index (χ4n) is 0.542. The van der Waals surface area contributed by atoms with Crippen LogP contribution in [0.25, 0.3) is 0 Å². The van der Waals surface area contributed by atoms with Crippen LogP contribution < -0.4 is 0 Å². The Kier molecular flexibility index (Phi) is 4.36. The molecule has 0 heterocycles. The van der Waals surface area contributed by atoms with Crippen LogP contribution in [0, 0.1) is 0 Å². The summed E-state index contributed by atoms with van der Waals surface area (Å²) >= 11 is 0. The summed E-state index contributed by atoms with van der Waals surface area (Å²) in [6.07, 6.45) is 0.779. The summed E-state index contributed by atoms with van der Waals surface area (Å²) in [5.74, 6) is 0. The monoisotopic (exact) mass is 130 g/mol. The molecule has 0 aromatic rings. The molecule has 1 unspecified atom stereocenters. The first-order chi connectivity index (χ1) is 4.20. The van der Waals surface area contributed by atoms with Gasteiger partial charge in [0.15, 0.2) is 0 Å². The molecule has 0 amide bonds. The normalized spacial score (nSPS) is 13.2. The van der Waals surface area contributed by atoms with E-state index in [-0.39, 0.29) is 6.61 Å². The van der Waals surface area contributed by atoms with Gasteiger partial charge >= 0.3 is 0 Å². The highest BCUT2D eigenvalue weighted by Crippen LogP contribution is 2.05. The van der Waals surface area contributed by atoms with Gasteiger partial charge in [0.25, 0.3) is 0 Å². The van der Waals surface area contributed by atoms with Crippen LogP contribution in [0.4, 0.5) is 0 Å². The lowest BCUT2D eigenvalue weighted by atomic mass is 10.1. The van der Waals surface area contributed by atoms with Crippen molar-refractivity contribution in [3.8, 4) is 0 Å². The van der Waals surface area contributed by atoms with Gasteiger partial charge in [-0.25, -0.2) is 0 Å². The van der Waals surface area contributed by atoms with Gasteiger partial charge in [0.05, 0.1) is 12.7 Å². The van der Waals surface area contributed by atoms with Crippen molar-refractivity contribution in [2.24, 2.45) is 0 Å². The molecule has 0 aliphatic carbocycles. The molecule has 0 bridgehead atoms. The predicted molar refractivity (Wildman–Crippen MR) is 37.1 cm³/mol. The molecular weight excluding hydrogens is 116 g/mol. The summed E-state index contributed by atoms with van der Waals surface area (Å²) in [7, 11) is 0. The van der Waals surface area contributed by atoms with E-state index >= 15 is 0 Å². The molecule has 1 atom stereocenters. The van der Waals surface area contributed by atoms with E-state index in [0.717, 1.165) is 12.0 Å². The molecule has 2 nitrogen and oxygen atoms in total. The van der Waals surface area contributed by atoms with Gasteiger partial charge < -0.3 is 10.2 Å². The van der Waals surface area contributed by atoms with E-state index in [1.165, 1.54) is 0 Å². The van der Waals surface area contributed by atoms with Crippen molar-refractivity contribution in [1.29, 1.82) is 0 Å². The van der Waals surface area contributed by atoms with E-state index in [1.807, 2.05) is 6.92 Å². The quantitative estimate of drug-likeness (QED) is 0.550. The second kappa shape index (κ2) is 4.53. The van der Waals surface area contributed by atoms with Gasteiger partial charge in [-0.1, -0.05) is 19.1 Å². The highest BCUT2D eigenvalue weighted by molar-refractivity contribution is 4.94. The van der Waals surface area contributed by atoms with Crippen LogP contribution in [-0.4, -0.2) is 22.9 Å². The second-order valence-electron chi connectivity index (χ2n) is 2.14. The summed E-state index contributed by atoms with van der Waals surface area (Å²) in [5.41, 5.74) is 0.983. The molecule has 2 N–H and O–H groups in total. The minimum Gasteiger partial charge on any atom is -0.394 e. The van der Waals surface area contributed by atoms with Crippen LogP contribution >= 0.6 is 0 Å². The Morgan fingerprint density at radius 2 is 2.22 bits per heavy atom. The Balaban J connectivity index is 3.34. The van der Waals surface area contributed by atoms with Crippen molar-refractivity contribution in [3.63, 3.8) is 0 Å². The molecule has 0 aromatic carbocycles. The second-order valence-corrected chi connectivity index (χ2v) is 2.14. The highest BCUT2D eigenvalue weighted by atomic mass is 16.3. The standard InChI is InChI=1S/C7H14O2/c1-3-6(2)4-7(9)5-8/h7-9H,2-5H2,1H3. The summed E-state index contributed by atoms with van der Waals surface area (Å²) in [5, 5.41) is 17.2. The predicted octanol–water partition coefficient (Wildman–Crippen LogP) is 0.696. The fourth-order valence-corrected chi connectivity index (χ4v) is 0.542. The lowest BCUT2D eigenvalue weighted by Crippen LogP contribution is -2.11. The lowest BCUT2D eigenvalue weighted by molar-refractivity contribution is 0.0950. The summed E-state index contributed by atoms with van der Waals surface area (Å²) in [6.45, 7) is 5.50. The molecule has 0 spiro atoms. The Bertz CT molecular complexity index is 88.9. The van der Waals surface area contributed by atoms with Crippen LogP contribution in [0.2, 0.25) is 0 Å². The molecule has 0 radical (unpaired) electrons. The Morgan fingerprint density at radius 3 is 2.56 bits per heavy atom. The topological polar surface area (TPSA) is 40.5 Å². The van der Waals surface area contributed by atoms with E-state index in [4.69, 9.17) is 10.2 Å². The first-order valence-corrected chi connectivity index (χ1v) is 3.16. The number of aliphatic hydroxyl groups is 2. The largest absolute Gasteiger partial charge is 0.394 e. The van der Waals surface area contributed by atoms with Crippen molar-refractivity contribution in [2.45, 2.75) is 25.9 Å². The third kappa shape index (κ3) is 4.18. The van der Waals surface area contributed by atoms with E-state index in [1.54, 1.807) is 0 Å². The molecule has 54 valence electrons. The van der Waals surface area contributed by atoms with Gasteiger partial charge in [-0.2, -0.15) is 0 Å². The van der Waals surface area contributed by atoms with Gasteiger partial charge in [0.2, 0.25) is 0 Å². The van der Waals surface area contributed by atoms with Crippen LogP contribution in [-0.2, 0) is 0 Å². The van der Waals surface area contributed by atoms with Crippen LogP contribution in [0.3, 0.4) is 0 Å². The summed E-state index contributed by atoms with van der Waals surface area (Å²) in [6, 6.07) is 0. The maximum Gasteiger partial charge on any atom is 0.0807 e.